The minimum Gasteiger partial charge on any atom is -0.482 e. The molecule has 6 heteroatoms. The molecule has 0 saturated carbocycles. The Labute approximate surface area is 146 Å². The van der Waals surface area contributed by atoms with Gasteiger partial charge in [-0.3, -0.25) is 4.79 Å². The SMILES string of the molecule is Cc1cc(N)ccc1NC(=O)COc1c(C)cc(Br)cc1Br. The average molecular weight is 428 g/mol. The number of halogens is 2. The maximum absolute atomic E-state index is 12.0. The number of rotatable bonds is 4. The van der Waals surface area contributed by atoms with Crippen LogP contribution in [0.15, 0.2) is 39.3 Å². The van der Waals surface area contributed by atoms with Gasteiger partial charge in [0.1, 0.15) is 5.75 Å². The molecule has 0 fully saturated rings. The maximum Gasteiger partial charge on any atom is 0.262 e. The number of hydrogen-bond donors (Lipinski definition) is 2. The lowest BCUT2D eigenvalue weighted by Crippen LogP contribution is -2.21. The van der Waals surface area contributed by atoms with E-state index in [0.29, 0.717) is 11.4 Å². The van der Waals surface area contributed by atoms with Crippen LogP contribution in [0.3, 0.4) is 0 Å². The van der Waals surface area contributed by atoms with Crippen LogP contribution < -0.4 is 15.8 Å². The highest BCUT2D eigenvalue weighted by Gasteiger charge is 2.10. The second kappa shape index (κ2) is 7.15. The molecule has 0 spiro atoms. The summed E-state index contributed by atoms with van der Waals surface area (Å²) >= 11 is 6.84. The monoisotopic (exact) mass is 426 g/mol. The van der Waals surface area contributed by atoms with Gasteiger partial charge in [0.25, 0.3) is 5.91 Å². The van der Waals surface area contributed by atoms with Crippen LogP contribution in [0.1, 0.15) is 11.1 Å². The number of hydrogen-bond acceptors (Lipinski definition) is 3. The highest BCUT2D eigenvalue weighted by atomic mass is 79.9. The third-order valence-electron chi connectivity index (χ3n) is 3.07. The zero-order chi connectivity index (χ0) is 16.3. The standard InChI is InChI=1S/C16H16Br2N2O2/c1-9-6-12(19)3-4-14(9)20-15(21)8-22-16-10(2)5-11(17)7-13(16)18/h3-7H,8,19H2,1-2H3,(H,20,21). The predicted octanol–water partition coefficient (Wildman–Crippen LogP) is 4.43. The average Bonchev–Trinajstić information content (AvgIpc) is 2.40. The van der Waals surface area contributed by atoms with Crippen LogP contribution in [0.4, 0.5) is 11.4 Å². The van der Waals surface area contributed by atoms with Crippen molar-refractivity contribution in [2.45, 2.75) is 13.8 Å². The molecule has 0 heterocycles. The molecule has 22 heavy (non-hydrogen) atoms. The Morgan fingerprint density at radius 3 is 2.55 bits per heavy atom. The van der Waals surface area contributed by atoms with Gasteiger partial charge in [0.05, 0.1) is 4.47 Å². The molecule has 0 aliphatic rings. The number of anilines is 2. The quantitative estimate of drug-likeness (QED) is 0.709. The van der Waals surface area contributed by atoms with Crippen LogP contribution in [0, 0.1) is 13.8 Å². The van der Waals surface area contributed by atoms with Gasteiger partial charge in [0.2, 0.25) is 0 Å². The molecule has 2 aromatic rings. The summed E-state index contributed by atoms with van der Waals surface area (Å²) in [5.41, 5.74) is 8.94. The molecule has 3 N–H and O–H groups in total. The second-order valence-corrected chi connectivity index (χ2v) is 6.71. The third kappa shape index (κ3) is 4.24. The highest BCUT2D eigenvalue weighted by Crippen LogP contribution is 2.32. The molecule has 0 atom stereocenters. The van der Waals surface area contributed by atoms with Crippen molar-refractivity contribution in [3.05, 3.63) is 50.4 Å². The van der Waals surface area contributed by atoms with E-state index in [4.69, 9.17) is 10.5 Å². The molecule has 0 unspecified atom stereocenters. The van der Waals surface area contributed by atoms with E-state index in [1.165, 1.54) is 0 Å². The fraction of sp³-hybridized carbons (Fsp3) is 0.188. The van der Waals surface area contributed by atoms with Crippen LogP contribution >= 0.6 is 31.9 Å². The smallest absolute Gasteiger partial charge is 0.262 e. The fourth-order valence-corrected chi connectivity index (χ4v) is 3.58. The molecule has 0 aromatic heterocycles. The summed E-state index contributed by atoms with van der Waals surface area (Å²) in [5.74, 6) is 0.439. The third-order valence-corrected chi connectivity index (χ3v) is 4.11. The fourth-order valence-electron chi connectivity index (χ4n) is 2.02. The number of amides is 1. The van der Waals surface area contributed by atoms with E-state index in [1.807, 2.05) is 32.0 Å². The number of nitrogens with two attached hydrogens (primary N) is 1. The molecule has 0 radical (unpaired) electrons. The van der Waals surface area contributed by atoms with Crippen molar-refractivity contribution in [1.29, 1.82) is 0 Å². The van der Waals surface area contributed by atoms with E-state index in [0.717, 1.165) is 25.8 Å². The number of nitrogens with one attached hydrogen (secondary N) is 1. The van der Waals surface area contributed by atoms with E-state index in [9.17, 15) is 4.79 Å². The van der Waals surface area contributed by atoms with Crippen LogP contribution in [-0.2, 0) is 4.79 Å². The highest BCUT2D eigenvalue weighted by molar-refractivity contribution is 9.11. The number of ether oxygens (including phenoxy) is 1. The maximum atomic E-state index is 12.0. The molecule has 2 rings (SSSR count). The summed E-state index contributed by atoms with van der Waals surface area (Å²) in [6, 6.07) is 9.15. The van der Waals surface area contributed by atoms with Gasteiger partial charge in [-0.25, -0.2) is 0 Å². The molecule has 0 aliphatic heterocycles. The number of carbonyl (C=O) groups excluding carboxylic acids is 1. The van der Waals surface area contributed by atoms with Gasteiger partial charge >= 0.3 is 0 Å². The van der Waals surface area contributed by atoms with Crippen molar-refractivity contribution in [2.24, 2.45) is 0 Å². The molecule has 0 aliphatic carbocycles. The van der Waals surface area contributed by atoms with Gasteiger partial charge in [-0.2, -0.15) is 0 Å². The second-order valence-electron chi connectivity index (χ2n) is 4.94. The first-order valence-electron chi connectivity index (χ1n) is 6.61. The van der Waals surface area contributed by atoms with Crippen molar-refractivity contribution in [3.63, 3.8) is 0 Å². The van der Waals surface area contributed by atoms with E-state index >= 15 is 0 Å². The molecule has 0 bridgehead atoms. The van der Waals surface area contributed by atoms with Crippen LogP contribution in [0.5, 0.6) is 5.75 Å². The molecule has 116 valence electrons. The molecular formula is C16H16Br2N2O2. The Balaban J connectivity index is 2.02. The lowest BCUT2D eigenvalue weighted by molar-refractivity contribution is -0.118. The Bertz CT molecular complexity index is 694. The van der Waals surface area contributed by atoms with Gasteiger partial charge in [0.15, 0.2) is 6.61 Å². The first-order chi connectivity index (χ1) is 10.4. The summed E-state index contributed by atoms with van der Waals surface area (Å²) in [7, 11) is 0. The first-order valence-corrected chi connectivity index (χ1v) is 8.20. The molecule has 1 amide bonds. The zero-order valence-electron chi connectivity index (χ0n) is 12.2. The minimum atomic E-state index is -0.220. The summed E-state index contributed by atoms with van der Waals surface area (Å²) in [6.07, 6.45) is 0. The van der Waals surface area contributed by atoms with Crippen molar-refractivity contribution in [3.8, 4) is 5.75 Å². The Kier molecular flexibility index (Phi) is 5.47. The van der Waals surface area contributed by atoms with E-state index in [-0.39, 0.29) is 12.5 Å². The lowest BCUT2D eigenvalue weighted by atomic mass is 10.2. The van der Waals surface area contributed by atoms with Gasteiger partial charge in [-0.1, -0.05) is 15.9 Å². The summed E-state index contributed by atoms with van der Waals surface area (Å²) < 4.78 is 7.37. The van der Waals surface area contributed by atoms with Gasteiger partial charge < -0.3 is 15.8 Å². The number of nitrogen functional groups attached to an aromatic ring is 1. The largest absolute Gasteiger partial charge is 0.482 e. The summed E-state index contributed by atoms with van der Waals surface area (Å²) in [4.78, 5) is 12.0. The Hall–Kier alpha value is -1.53. The number of carbonyl (C=O) groups is 1. The van der Waals surface area contributed by atoms with Crippen molar-refractivity contribution >= 4 is 49.1 Å². The normalized spacial score (nSPS) is 10.4. The predicted molar refractivity (Wildman–Crippen MR) is 96.3 cm³/mol. The first kappa shape index (κ1) is 16.8. The van der Waals surface area contributed by atoms with Gasteiger partial charge in [-0.15, -0.1) is 0 Å². The van der Waals surface area contributed by atoms with Crippen molar-refractivity contribution in [2.75, 3.05) is 17.7 Å². The van der Waals surface area contributed by atoms with Crippen molar-refractivity contribution < 1.29 is 9.53 Å². The van der Waals surface area contributed by atoms with Gasteiger partial charge in [0, 0.05) is 15.8 Å². The van der Waals surface area contributed by atoms with E-state index < -0.39 is 0 Å². The minimum absolute atomic E-state index is 0.0646. The van der Waals surface area contributed by atoms with E-state index in [2.05, 4.69) is 37.2 Å². The number of aryl methyl sites for hydroxylation is 2. The Morgan fingerprint density at radius 2 is 1.91 bits per heavy atom. The molecule has 0 saturated heterocycles. The van der Waals surface area contributed by atoms with E-state index in [1.54, 1.807) is 12.1 Å². The topological polar surface area (TPSA) is 64.3 Å². The molecular weight excluding hydrogens is 412 g/mol. The number of benzene rings is 2. The lowest BCUT2D eigenvalue weighted by Gasteiger charge is -2.13. The molecule has 2 aromatic carbocycles. The van der Waals surface area contributed by atoms with Crippen LogP contribution in [0.25, 0.3) is 0 Å². The van der Waals surface area contributed by atoms with Crippen LogP contribution in [0.2, 0.25) is 0 Å². The van der Waals surface area contributed by atoms with Crippen LogP contribution in [-0.4, -0.2) is 12.5 Å². The van der Waals surface area contributed by atoms with Crippen molar-refractivity contribution in [1.82, 2.24) is 0 Å². The summed E-state index contributed by atoms with van der Waals surface area (Å²) in [6.45, 7) is 3.75. The molecule has 4 nitrogen and oxygen atoms in total. The Morgan fingerprint density at radius 1 is 1.18 bits per heavy atom. The van der Waals surface area contributed by atoms with Gasteiger partial charge in [-0.05, 0) is 71.2 Å². The summed E-state index contributed by atoms with van der Waals surface area (Å²) in [5, 5.41) is 2.81. The zero-order valence-corrected chi connectivity index (χ0v) is 15.4.